The van der Waals surface area contributed by atoms with E-state index in [2.05, 4.69) is 35.5 Å². The lowest BCUT2D eigenvalue weighted by atomic mass is 10.0. The number of sulfonamides is 1. The number of nitrogens with zero attached hydrogens (tertiary/aromatic N) is 3. The summed E-state index contributed by atoms with van der Waals surface area (Å²) in [5, 5.41) is 9.07. The van der Waals surface area contributed by atoms with E-state index in [1.54, 1.807) is 23.2 Å². The Morgan fingerprint density at radius 2 is 1.76 bits per heavy atom. The number of thiophene rings is 1. The number of amides is 2. The summed E-state index contributed by atoms with van der Waals surface area (Å²) in [7, 11) is -3.87. The van der Waals surface area contributed by atoms with Crippen molar-refractivity contribution in [2.24, 2.45) is 5.14 Å². The standard InChI is InChI=1S/C23H22N4O3S3/c1-14-13-31-20-18(14)5-3-6-19(20)16-7-9-17(10-8-16)26-11-4-12-27(23(26)28)22-25-15(2)21(32-22)33(24,29)30/h3,5-10,13H,4,11-12H2,1-2H3,(H2,24,29,30). The Hall–Kier alpha value is -2.79. The van der Waals surface area contributed by atoms with Crippen LogP contribution in [0.4, 0.5) is 15.6 Å². The van der Waals surface area contributed by atoms with Crippen molar-refractivity contribution in [1.82, 2.24) is 4.98 Å². The molecule has 0 bridgehead atoms. The van der Waals surface area contributed by atoms with E-state index < -0.39 is 10.0 Å². The van der Waals surface area contributed by atoms with E-state index in [9.17, 15) is 13.2 Å². The van der Waals surface area contributed by atoms with E-state index in [1.165, 1.54) is 26.1 Å². The molecule has 33 heavy (non-hydrogen) atoms. The minimum Gasteiger partial charge on any atom is -0.294 e. The predicted molar refractivity (Wildman–Crippen MR) is 135 cm³/mol. The number of thiazole rings is 1. The van der Waals surface area contributed by atoms with Gasteiger partial charge in [0.15, 0.2) is 9.34 Å². The van der Waals surface area contributed by atoms with Gasteiger partial charge in [0.2, 0.25) is 10.0 Å². The molecule has 2 aromatic heterocycles. The second-order valence-corrected chi connectivity index (χ2v) is 11.6. The highest BCUT2D eigenvalue weighted by Gasteiger charge is 2.31. The third-order valence-electron chi connectivity index (χ3n) is 5.74. The van der Waals surface area contributed by atoms with Gasteiger partial charge in [-0.05, 0) is 59.9 Å². The lowest BCUT2D eigenvalue weighted by Crippen LogP contribution is -2.49. The normalized spacial score (nSPS) is 14.9. The minimum absolute atomic E-state index is 0.00948. The molecule has 5 rings (SSSR count). The number of carbonyl (C=O) groups is 1. The summed E-state index contributed by atoms with van der Waals surface area (Å²) in [6.45, 7) is 4.76. The van der Waals surface area contributed by atoms with Crippen molar-refractivity contribution in [3.63, 3.8) is 0 Å². The summed E-state index contributed by atoms with van der Waals surface area (Å²) in [5.41, 5.74) is 4.65. The van der Waals surface area contributed by atoms with Crippen molar-refractivity contribution in [3.8, 4) is 11.1 Å². The summed E-state index contributed by atoms with van der Waals surface area (Å²) in [6.07, 6.45) is 0.741. The van der Waals surface area contributed by atoms with Crippen LogP contribution in [0.3, 0.4) is 0 Å². The van der Waals surface area contributed by atoms with Crippen LogP contribution < -0.4 is 14.9 Å². The van der Waals surface area contributed by atoms with E-state index in [4.69, 9.17) is 5.14 Å². The van der Waals surface area contributed by atoms with Crippen molar-refractivity contribution < 1.29 is 13.2 Å². The molecule has 1 saturated heterocycles. The maximum atomic E-state index is 13.3. The number of anilines is 2. The number of primary sulfonamides is 1. The SMILES string of the molecule is Cc1nc(N2CCCN(c3ccc(-c4cccc5c(C)csc45)cc3)C2=O)sc1S(N)(=O)=O. The zero-order valence-corrected chi connectivity index (χ0v) is 20.6. The van der Waals surface area contributed by atoms with Crippen LogP contribution in [0.15, 0.2) is 52.1 Å². The fourth-order valence-corrected chi connectivity index (χ4v) is 7.18. The van der Waals surface area contributed by atoms with Gasteiger partial charge in [-0.15, -0.1) is 11.3 Å². The first-order valence-corrected chi connectivity index (χ1v) is 13.6. The van der Waals surface area contributed by atoms with Gasteiger partial charge in [0, 0.05) is 23.5 Å². The summed E-state index contributed by atoms with van der Waals surface area (Å²) < 4.78 is 24.8. The monoisotopic (exact) mass is 498 g/mol. The Bertz CT molecular complexity index is 1470. The van der Waals surface area contributed by atoms with Gasteiger partial charge >= 0.3 is 6.03 Å². The highest BCUT2D eigenvalue weighted by molar-refractivity contribution is 7.91. The van der Waals surface area contributed by atoms with E-state index in [1.807, 2.05) is 24.3 Å². The highest BCUT2D eigenvalue weighted by Crippen LogP contribution is 2.36. The van der Waals surface area contributed by atoms with Crippen molar-refractivity contribution in [2.75, 3.05) is 22.9 Å². The van der Waals surface area contributed by atoms with Gasteiger partial charge in [0.1, 0.15) is 0 Å². The number of aromatic nitrogens is 1. The summed E-state index contributed by atoms with van der Waals surface area (Å²) in [5.74, 6) is 0. The first-order chi connectivity index (χ1) is 15.7. The third kappa shape index (κ3) is 3.93. The van der Waals surface area contributed by atoms with E-state index in [0.717, 1.165) is 29.0 Å². The molecule has 1 aliphatic heterocycles. The van der Waals surface area contributed by atoms with Gasteiger partial charge in [-0.2, -0.15) is 0 Å². The van der Waals surface area contributed by atoms with Gasteiger partial charge in [-0.3, -0.25) is 9.80 Å². The second-order valence-electron chi connectivity index (χ2n) is 8.00. The number of urea groups is 1. The predicted octanol–water partition coefficient (Wildman–Crippen LogP) is 5.13. The van der Waals surface area contributed by atoms with Crippen LogP contribution in [0.25, 0.3) is 21.2 Å². The van der Waals surface area contributed by atoms with E-state index in [-0.39, 0.29) is 10.2 Å². The van der Waals surface area contributed by atoms with Crippen molar-refractivity contribution >= 4 is 59.6 Å². The van der Waals surface area contributed by atoms with Crippen LogP contribution in [0.5, 0.6) is 0 Å². The number of rotatable bonds is 4. The van der Waals surface area contributed by atoms with Gasteiger partial charge in [0.25, 0.3) is 0 Å². The molecule has 0 atom stereocenters. The number of hydrogen-bond acceptors (Lipinski definition) is 6. The Morgan fingerprint density at radius 1 is 1.03 bits per heavy atom. The number of hydrogen-bond donors (Lipinski definition) is 1. The Labute approximate surface area is 200 Å². The lowest BCUT2D eigenvalue weighted by molar-refractivity contribution is 0.248. The van der Waals surface area contributed by atoms with E-state index >= 15 is 0 Å². The molecule has 1 aliphatic rings. The number of benzene rings is 2. The van der Waals surface area contributed by atoms with Crippen molar-refractivity contribution in [3.05, 3.63) is 59.1 Å². The Balaban J connectivity index is 1.43. The molecule has 0 spiro atoms. The zero-order chi connectivity index (χ0) is 23.3. The quantitative estimate of drug-likeness (QED) is 0.422. The zero-order valence-electron chi connectivity index (χ0n) is 18.1. The molecule has 0 unspecified atom stereocenters. The van der Waals surface area contributed by atoms with Crippen molar-refractivity contribution in [1.29, 1.82) is 0 Å². The van der Waals surface area contributed by atoms with Crippen molar-refractivity contribution in [2.45, 2.75) is 24.5 Å². The van der Waals surface area contributed by atoms with Crippen LogP contribution in [0, 0.1) is 13.8 Å². The maximum Gasteiger partial charge on any atom is 0.330 e. The molecule has 1 fully saturated rings. The molecule has 10 heteroatoms. The lowest BCUT2D eigenvalue weighted by Gasteiger charge is -2.34. The molecule has 0 aliphatic carbocycles. The fraction of sp³-hybridized carbons (Fsp3) is 0.217. The molecule has 0 saturated carbocycles. The molecule has 7 nitrogen and oxygen atoms in total. The Kier molecular flexibility index (Phi) is 5.48. The molecule has 4 aromatic rings. The van der Waals surface area contributed by atoms with Gasteiger partial charge in [0.05, 0.1) is 5.69 Å². The number of aryl methyl sites for hydroxylation is 2. The van der Waals surface area contributed by atoms with Crippen LogP contribution in [-0.4, -0.2) is 32.5 Å². The van der Waals surface area contributed by atoms with Gasteiger partial charge < -0.3 is 0 Å². The molecule has 2 N–H and O–H groups in total. The Morgan fingerprint density at radius 3 is 2.45 bits per heavy atom. The van der Waals surface area contributed by atoms with Crippen LogP contribution in [-0.2, 0) is 10.0 Å². The second kappa shape index (κ2) is 8.21. The average molecular weight is 499 g/mol. The maximum absolute atomic E-state index is 13.3. The number of nitrogens with two attached hydrogens (primary N) is 1. The molecular weight excluding hydrogens is 476 g/mol. The summed E-state index contributed by atoms with van der Waals surface area (Å²) in [4.78, 5) is 20.8. The average Bonchev–Trinajstić information content (AvgIpc) is 3.37. The van der Waals surface area contributed by atoms with Crippen LogP contribution >= 0.6 is 22.7 Å². The molecule has 170 valence electrons. The number of fused-ring (bicyclic) bond motifs is 1. The summed E-state index contributed by atoms with van der Waals surface area (Å²) in [6, 6.07) is 14.1. The first-order valence-electron chi connectivity index (χ1n) is 10.4. The third-order valence-corrected chi connectivity index (χ3v) is 9.62. The van der Waals surface area contributed by atoms with Crippen LogP contribution in [0.2, 0.25) is 0 Å². The van der Waals surface area contributed by atoms with Crippen LogP contribution in [0.1, 0.15) is 17.7 Å². The molecule has 0 radical (unpaired) electrons. The van der Waals surface area contributed by atoms with Gasteiger partial charge in [-0.1, -0.05) is 41.7 Å². The summed E-state index contributed by atoms with van der Waals surface area (Å²) >= 11 is 2.67. The highest BCUT2D eigenvalue weighted by atomic mass is 32.2. The molecule has 3 heterocycles. The topological polar surface area (TPSA) is 96.6 Å². The number of carbonyl (C=O) groups excluding carboxylic acids is 1. The minimum atomic E-state index is -3.87. The molecule has 2 aromatic carbocycles. The smallest absolute Gasteiger partial charge is 0.294 e. The largest absolute Gasteiger partial charge is 0.330 e. The molecular formula is C23H22N4O3S3. The van der Waals surface area contributed by atoms with E-state index in [0.29, 0.717) is 23.9 Å². The first kappa shape index (κ1) is 22.0. The fourth-order valence-electron chi connectivity index (χ4n) is 4.12. The van der Waals surface area contributed by atoms with Gasteiger partial charge in [-0.25, -0.2) is 23.3 Å². The molecule has 2 amide bonds.